The molecule has 4 N–H and O–H groups in total. The quantitative estimate of drug-likeness (QED) is 0.564. The van der Waals surface area contributed by atoms with Crippen molar-refractivity contribution < 1.29 is 5.11 Å². The Morgan fingerprint density at radius 1 is 1.47 bits per heavy atom. The van der Waals surface area contributed by atoms with Crippen molar-refractivity contribution in [3.8, 4) is 0 Å². The van der Waals surface area contributed by atoms with E-state index in [4.69, 9.17) is 10.9 Å². The van der Waals surface area contributed by atoms with E-state index in [0.29, 0.717) is 11.7 Å². The Morgan fingerprint density at radius 2 is 2.18 bits per heavy atom. The number of hydrazine groups is 1. The topological polar surface area (TPSA) is 87.3 Å². The number of halogens is 1. The molecule has 7 heteroatoms. The Labute approximate surface area is 108 Å². The van der Waals surface area contributed by atoms with Crippen molar-refractivity contribution in [1.82, 2.24) is 9.97 Å². The SMILES string of the molecule is NNc1ncnc(N2CCC(CO)CC2)c1Br. The molecule has 1 fully saturated rings. The average Bonchev–Trinajstić information content (AvgIpc) is 2.39. The molecule has 94 valence electrons. The summed E-state index contributed by atoms with van der Waals surface area (Å²) in [6.45, 7) is 2.06. The minimum Gasteiger partial charge on any atom is -0.396 e. The van der Waals surface area contributed by atoms with Crippen molar-refractivity contribution in [2.45, 2.75) is 12.8 Å². The van der Waals surface area contributed by atoms with Crippen LogP contribution in [0.2, 0.25) is 0 Å². The normalized spacial score (nSPS) is 17.2. The molecular formula is C10H16BrN5O. The molecular weight excluding hydrogens is 286 g/mol. The van der Waals surface area contributed by atoms with E-state index in [1.807, 2.05) is 0 Å². The molecule has 0 spiro atoms. The van der Waals surface area contributed by atoms with E-state index < -0.39 is 0 Å². The Hall–Kier alpha value is -0.920. The first kappa shape index (κ1) is 12.5. The second-order valence-corrected chi connectivity index (χ2v) is 4.91. The number of hydrogen-bond acceptors (Lipinski definition) is 6. The highest BCUT2D eigenvalue weighted by Crippen LogP contribution is 2.31. The molecule has 1 aliphatic heterocycles. The van der Waals surface area contributed by atoms with Crippen molar-refractivity contribution in [3.63, 3.8) is 0 Å². The third-order valence-corrected chi connectivity index (χ3v) is 3.81. The summed E-state index contributed by atoms with van der Waals surface area (Å²) in [6.07, 6.45) is 3.46. The maximum atomic E-state index is 9.10. The molecule has 1 saturated heterocycles. The molecule has 0 amide bonds. The molecule has 1 aliphatic rings. The van der Waals surface area contributed by atoms with E-state index in [-0.39, 0.29) is 6.61 Å². The number of rotatable bonds is 3. The average molecular weight is 302 g/mol. The number of anilines is 2. The molecule has 0 aliphatic carbocycles. The Kier molecular flexibility index (Phi) is 4.14. The lowest BCUT2D eigenvalue weighted by atomic mass is 9.98. The molecule has 0 saturated carbocycles. The predicted molar refractivity (Wildman–Crippen MR) is 69.6 cm³/mol. The number of aliphatic hydroxyl groups is 1. The van der Waals surface area contributed by atoms with Gasteiger partial charge in [-0.25, -0.2) is 15.8 Å². The van der Waals surface area contributed by atoms with Gasteiger partial charge < -0.3 is 15.4 Å². The van der Waals surface area contributed by atoms with Gasteiger partial charge in [-0.15, -0.1) is 0 Å². The molecule has 0 radical (unpaired) electrons. The number of nitrogen functional groups attached to an aromatic ring is 1. The van der Waals surface area contributed by atoms with Gasteiger partial charge in [-0.2, -0.15) is 0 Å². The highest BCUT2D eigenvalue weighted by molar-refractivity contribution is 9.10. The molecule has 0 unspecified atom stereocenters. The van der Waals surface area contributed by atoms with Gasteiger partial charge in [0.05, 0.1) is 0 Å². The van der Waals surface area contributed by atoms with Gasteiger partial charge in [0.25, 0.3) is 0 Å². The minimum atomic E-state index is 0.272. The van der Waals surface area contributed by atoms with Crippen molar-refractivity contribution in [2.24, 2.45) is 11.8 Å². The summed E-state index contributed by atoms with van der Waals surface area (Å²) in [6, 6.07) is 0. The van der Waals surface area contributed by atoms with Crippen LogP contribution in [-0.2, 0) is 0 Å². The molecule has 2 heterocycles. The third-order valence-electron chi connectivity index (χ3n) is 3.08. The lowest BCUT2D eigenvalue weighted by Gasteiger charge is -2.32. The van der Waals surface area contributed by atoms with Crippen LogP contribution in [0.1, 0.15) is 12.8 Å². The van der Waals surface area contributed by atoms with Gasteiger partial charge in [0.2, 0.25) is 0 Å². The van der Waals surface area contributed by atoms with E-state index in [1.165, 1.54) is 6.33 Å². The fourth-order valence-corrected chi connectivity index (χ4v) is 2.58. The molecule has 1 aromatic heterocycles. The maximum absolute atomic E-state index is 9.10. The number of hydrogen-bond donors (Lipinski definition) is 3. The monoisotopic (exact) mass is 301 g/mol. The van der Waals surface area contributed by atoms with Crippen molar-refractivity contribution >= 4 is 27.6 Å². The number of nitrogens with zero attached hydrogens (tertiary/aromatic N) is 3. The zero-order chi connectivity index (χ0) is 12.3. The maximum Gasteiger partial charge on any atom is 0.159 e. The summed E-state index contributed by atoms with van der Waals surface area (Å²) < 4.78 is 0.782. The first-order chi connectivity index (χ1) is 8.26. The summed E-state index contributed by atoms with van der Waals surface area (Å²) >= 11 is 3.45. The lowest BCUT2D eigenvalue weighted by Crippen LogP contribution is -2.35. The van der Waals surface area contributed by atoms with Crippen molar-refractivity contribution in [2.75, 3.05) is 30.0 Å². The van der Waals surface area contributed by atoms with E-state index in [0.717, 1.165) is 36.2 Å². The predicted octanol–water partition coefficient (Wildman–Crippen LogP) is 0.733. The van der Waals surface area contributed by atoms with Gasteiger partial charge in [-0.3, -0.25) is 0 Å². The van der Waals surface area contributed by atoms with Crippen LogP contribution in [0, 0.1) is 5.92 Å². The Morgan fingerprint density at radius 3 is 2.76 bits per heavy atom. The molecule has 17 heavy (non-hydrogen) atoms. The number of aliphatic hydroxyl groups excluding tert-OH is 1. The van der Waals surface area contributed by atoms with Gasteiger partial charge in [0.1, 0.15) is 16.6 Å². The second-order valence-electron chi connectivity index (χ2n) is 4.12. The number of nitrogens with two attached hydrogens (primary N) is 1. The number of aromatic nitrogens is 2. The number of nitrogens with one attached hydrogen (secondary N) is 1. The largest absolute Gasteiger partial charge is 0.396 e. The molecule has 0 bridgehead atoms. The van der Waals surface area contributed by atoms with Crippen LogP contribution in [-0.4, -0.2) is 34.8 Å². The Balaban J connectivity index is 2.13. The molecule has 6 nitrogen and oxygen atoms in total. The summed E-state index contributed by atoms with van der Waals surface area (Å²) in [7, 11) is 0. The zero-order valence-electron chi connectivity index (χ0n) is 9.43. The molecule has 0 aromatic carbocycles. The fourth-order valence-electron chi connectivity index (χ4n) is 2.01. The van der Waals surface area contributed by atoms with E-state index >= 15 is 0 Å². The molecule has 2 rings (SSSR count). The highest BCUT2D eigenvalue weighted by Gasteiger charge is 2.22. The van der Waals surface area contributed by atoms with E-state index in [9.17, 15) is 0 Å². The molecule has 1 aromatic rings. The van der Waals surface area contributed by atoms with Gasteiger partial charge >= 0.3 is 0 Å². The summed E-state index contributed by atoms with van der Waals surface area (Å²) in [5.74, 6) is 7.22. The second kappa shape index (κ2) is 5.61. The van der Waals surface area contributed by atoms with Gasteiger partial charge in [0.15, 0.2) is 5.82 Å². The van der Waals surface area contributed by atoms with Gasteiger partial charge in [-0.05, 0) is 34.7 Å². The zero-order valence-corrected chi connectivity index (χ0v) is 11.0. The van der Waals surface area contributed by atoms with E-state index in [2.05, 4.69) is 36.2 Å². The van der Waals surface area contributed by atoms with Crippen LogP contribution < -0.4 is 16.2 Å². The van der Waals surface area contributed by atoms with Crippen LogP contribution in [0.3, 0.4) is 0 Å². The van der Waals surface area contributed by atoms with Crippen LogP contribution in [0.5, 0.6) is 0 Å². The summed E-state index contributed by atoms with van der Waals surface area (Å²) in [4.78, 5) is 10.5. The van der Waals surface area contributed by atoms with Crippen LogP contribution in [0.4, 0.5) is 11.6 Å². The first-order valence-electron chi connectivity index (χ1n) is 5.59. The summed E-state index contributed by atoms with van der Waals surface area (Å²) in [5.41, 5.74) is 2.53. The minimum absolute atomic E-state index is 0.272. The highest BCUT2D eigenvalue weighted by atomic mass is 79.9. The first-order valence-corrected chi connectivity index (χ1v) is 6.38. The van der Waals surface area contributed by atoms with Crippen molar-refractivity contribution in [3.05, 3.63) is 10.8 Å². The van der Waals surface area contributed by atoms with Gasteiger partial charge in [0, 0.05) is 19.7 Å². The van der Waals surface area contributed by atoms with Gasteiger partial charge in [-0.1, -0.05) is 0 Å². The third kappa shape index (κ3) is 2.67. The van der Waals surface area contributed by atoms with Crippen molar-refractivity contribution in [1.29, 1.82) is 0 Å². The molecule has 0 atom stereocenters. The van der Waals surface area contributed by atoms with E-state index in [1.54, 1.807) is 0 Å². The van der Waals surface area contributed by atoms with Crippen LogP contribution in [0.25, 0.3) is 0 Å². The number of piperidine rings is 1. The fraction of sp³-hybridized carbons (Fsp3) is 0.600. The van der Waals surface area contributed by atoms with Crippen LogP contribution >= 0.6 is 15.9 Å². The standard InChI is InChI=1S/C10H16BrN5O/c11-8-9(15-12)13-6-14-10(8)16-3-1-7(5-17)2-4-16/h6-7,17H,1-5,12H2,(H,13,14,15). The summed E-state index contributed by atoms with van der Waals surface area (Å²) in [5, 5.41) is 9.10. The lowest BCUT2D eigenvalue weighted by molar-refractivity contribution is 0.202. The Bertz CT molecular complexity index is 381. The van der Waals surface area contributed by atoms with Crippen LogP contribution in [0.15, 0.2) is 10.8 Å². The smallest absolute Gasteiger partial charge is 0.159 e.